The van der Waals surface area contributed by atoms with Crippen molar-refractivity contribution in [1.82, 2.24) is 0 Å². The molecule has 0 unspecified atom stereocenters. The molecule has 0 atom stereocenters. The number of rotatable bonds is 10. The van der Waals surface area contributed by atoms with Gasteiger partial charge >= 0.3 is 95.2 Å². The van der Waals surface area contributed by atoms with E-state index in [0.29, 0.717) is 0 Å². The predicted octanol–water partition coefficient (Wildman–Crippen LogP) is 5.11. The van der Waals surface area contributed by atoms with Crippen molar-refractivity contribution in [2.24, 2.45) is 0 Å². The van der Waals surface area contributed by atoms with Crippen molar-refractivity contribution in [3.8, 4) is 0 Å². The van der Waals surface area contributed by atoms with Gasteiger partial charge in [-0.2, -0.15) is 0 Å². The van der Waals surface area contributed by atoms with Gasteiger partial charge in [0.15, 0.2) is 0 Å². The van der Waals surface area contributed by atoms with Crippen LogP contribution >= 0.6 is 12.4 Å². The largest absolute Gasteiger partial charge is 0.147 e. The Morgan fingerprint density at radius 1 is 0.643 bits per heavy atom. The van der Waals surface area contributed by atoms with Crippen LogP contribution in [-0.2, 0) is 0 Å². The van der Waals surface area contributed by atoms with Crippen LogP contribution in [0.3, 0.4) is 0 Å². The second-order valence-corrected chi connectivity index (χ2v) is 8.15. The van der Waals surface area contributed by atoms with Gasteiger partial charge in [0, 0.05) is 0 Å². The molecule has 0 aliphatic rings. The first kappa shape index (κ1) is 17.5. The first-order valence-corrected chi connectivity index (χ1v) is 10.2. The van der Waals surface area contributed by atoms with E-state index in [-0.39, 0.29) is 33.5 Å². The third-order valence-corrected chi connectivity index (χ3v) is 6.45. The van der Waals surface area contributed by atoms with E-state index >= 15 is 0 Å². The van der Waals surface area contributed by atoms with Crippen molar-refractivity contribution in [3.05, 3.63) is 0 Å². The monoisotopic (exact) mass is 326 g/mol. The van der Waals surface area contributed by atoms with Crippen LogP contribution in [0.25, 0.3) is 0 Å². The zero-order valence-electron chi connectivity index (χ0n) is 9.98. The Balaban J connectivity index is 0. The maximum absolute atomic E-state index is 2.30. The predicted molar refractivity (Wildman–Crippen MR) is 70.9 cm³/mol. The Labute approximate surface area is 107 Å². The van der Waals surface area contributed by atoms with Gasteiger partial charge in [-0.3, -0.25) is 0 Å². The molecule has 0 bridgehead atoms. The number of hydrogen-bond acceptors (Lipinski definition) is 0. The molecular weight excluding hydrogens is 298 g/mol. The molecule has 0 aromatic heterocycles. The van der Waals surface area contributed by atoms with Gasteiger partial charge in [0.2, 0.25) is 0 Å². The summed E-state index contributed by atoms with van der Waals surface area (Å²) >= 11 is 0.104. The second kappa shape index (κ2) is 16.5. The quantitative estimate of drug-likeness (QED) is 0.387. The van der Waals surface area contributed by atoms with Crippen LogP contribution in [0, 0.1) is 0 Å². The molecule has 0 fully saturated rings. The summed E-state index contributed by atoms with van der Waals surface area (Å²) in [4.78, 5) is 0. The Morgan fingerprint density at radius 3 is 1.43 bits per heavy atom. The van der Waals surface area contributed by atoms with Crippen molar-refractivity contribution in [1.29, 1.82) is 0 Å². The molecule has 0 aliphatic carbocycles. The van der Waals surface area contributed by atoms with E-state index in [1.807, 2.05) is 0 Å². The van der Waals surface area contributed by atoms with Gasteiger partial charge in [0.05, 0.1) is 0 Å². The minimum atomic E-state index is 0. The van der Waals surface area contributed by atoms with Crippen molar-refractivity contribution >= 4 is 33.5 Å². The van der Waals surface area contributed by atoms with Crippen LogP contribution in [0.1, 0.15) is 65.2 Å². The van der Waals surface area contributed by atoms with E-state index in [1.165, 1.54) is 38.5 Å². The van der Waals surface area contributed by atoms with Gasteiger partial charge in [-0.25, -0.2) is 0 Å². The normalized spacial score (nSPS) is 9.86. The summed E-state index contributed by atoms with van der Waals surface area (Å²) in [6.45, 7) is 4.59. The second-order valence-electron chi connectivity index (χ2n) is 3.87. The van der Waals surface area contributed by atoms with E-state index in [9.17, 15) is 0 Å². The molecule has 14 heavy (non-hydrogen) atoms. The molecule has 2 heteroatoms. The smallest absolute Gasteiger partial charge is 0.147 e. The molecule has 0 nitrogen and oxygen atoms in total. The van der Waals surface area contributed by atoms with Crippen LogP contribution in [0.5, 0.6) is 0 Å². The van der Waals surface area contributed by atoms with Crippen molar-refractivity contribution in [2.75, 3.05) is 0 Å². The van der Waals surface area contributed by atoms with Gasteiger partial charge in [-0.1, -0.05) is 0 Å². The van der Waals surface area contributed by atoms with Gasteiger partial charge in [-0.05, 0) is 0 Å². The Kier molecular flexibility index (Phi) is 20.6. The van der Waals surface area contributed by atoms with Gasteiger partial charge in [0.25, 0.3) is 0 Å². The van der Waals surface area contributed by atoms with Gasteiger partial charge in [0.1, 0.15) is 0 Å². The summed E-state index contributed by atoms with van der Waals surface area (Å²) < 4.78 is 3.30. The molecule has 0 spiro atoms. The molecule has 0 saturated carbocycles. The van der Waals surface area contributed by atoms with Crippen molar-refractivity contribution < 1.29 is 0 Å². The summed E-state index contributed by atoms with van der Waals surface area (Å²) in [6.07, 6.45) is 11.8. The zero-order chi connectivity index (χ0) is 9.78. The van der Waals surface area contributed by atoms with E-state index in [2.05, 4.69) is 13.8 Å². The topological polar surface area (TPSA) is 0 Å². The van der Waals surface area contributed by atoms with Crippen molar-refractivity contribution in [3.63, 3.8) is 0 Å². The third kappa shape index (κ3) is 15.6. The molecular formula is C12H27ClSn. The summed E-state index contributed by atoms with van der Waals surface area (Å²) in [6, 6.07) is 0. The van der Waals surface area contributed by atoms with Crippen LogP contribution in [0.15, 0.2) is 0 Å². The molecule has 0 aromatic rings. The molecule has 0 heterocycles. The summed E-state index contributed by atoms with van der Waals surface area (Å²) in [7, 11) is 0. The van der Waals surface area contributed by atoms with E-state index in [0.717, 1.165) is 0 Å². The van der Waals surface area contributed by atoms with Crippen LogP contribution in [-0.4, -0.2) is 21.1 Å². The SMILES string of the molecule is CCCCC[CH2][Sn][CH2]CCCCC.Cl. The summed E-state index contributed by atoms with van der Waals surface area (Å²) in [5.41, 5.74) is 0. The maximum Gasteiger partial charge on any atom is -0.147 e. The molecule has 0 aliphatic heterocycles. The first-order chi connectivity index (χ1) is 6.41. The van der Waals surface area contributed by atoms with Gasteiger partial charge in [-0.15, -0.1) is 12.4 Å². The number of unbranched alkanes of at least 4 members (excludes halogenated alkanes) is 6. The third-order valence-electron chi connectivity index (χ3n) is 2.41. The standard InChI is InChI=1S/2C6H13.ClH.Sn/c2*1-3-5-6-4-2;;/h2*1,3-6H2,2H3;1H;. The Morgan fingerprint density at radius 2 is 1.07 bits per heavy atom. The van der Waals surface area contributed by atoms with E-state index < -0.39 is 0 Å². The Bertz CT molecular complexity index is 76.4. The molecule has 2 radical (unpaired) electrons. The molecule has 0 aromatic carbocycles. The minimum Gasteiger partial charge on any atom is -0.147 e. The van der Waals surface area contributed by atoms with Crippen LogP contribution < -0.4 is 0 Å². The Hall–Kier alpha value is 1.09. The molecule has 86 valence electrons. The number of halogens is 1. The fraction of sp³-hybridized carbons (Fsp3) is 1.00. The average Bonchev–Trinajstić information content (AvgIpc) is 2.16. The zero-order valence-corrected chi connectivity index (χ0v) is 13.6. The van der Waals surface area contributed by atoms with Crippen molar-refractivity contribution in [2.45, 2.75) is 74.1 Å². The summed E-state index contributed by atoms with van der Waals surface area (Å²) in [5, 5.41) is 0. The van der Waals surface area contributed by atoms with Crippen LogP contribution in [0.4, 0.5) is 0 Å². The first-order valence-electron chi connectivity index (χ1n) is 6.12. The summed E-state index contributed by atoms with van der Waals surface area (Å²) in [5.74, 6) is 0. The van der Waals surface area contributed by atoms with Crippen LogP contribution in [0.2, 0.25) is 8.87 Å². The number of hydrogen-bond donors (Lipinski definition) is 0. The fourth-order valence-electron chi connectivity index (χ4n) is 1.48. The molecule has 0 N–H and O–H groups in total. The van der Waals surface area contributed by atoms with E-state index in [4.69, 9.17) is 0 Å². The maximum atomic E-state index is 2.30. The average molecular weight is 326 g/mol. The fourth-order valence-corrected chi connectivity index (χ4v) is 5.05. The molecule has 0 amide bonds. The minimum absolute atomic E-state index is 0. The molecule has 0 saturated heterocycles. The molecule has 0 rings (SSSR count). The van der Waals surface area contributed by atoms with Gasteiger partial charge < -0.3 is 0 Å². The van der Waals surface area contributed by atoms with E-state index in [1.54, 1.807) is 21.7 Å².